The third-order valence-electron chi connectivity index (χ3n) is 1.66. The molecule has 12 heavy (non-hydrogen) atoms. The van der Waals surface area contributed by atoms with Crippen molar-refractivity contribution in [3.05, 3.63) is 5.73 Å². The van der Waals surface area contributed by atoms with Gasteiger partial charge in [0.15, 0.2) is 0 Å². The number of carbonyl (C=O) groups is 1. The van der Waals surface area contributed by atoms with Crippen molar-refractivity contribution in [1.29, 1.82) is 0 Å². The summed E-state index contributed by atoms with van der Waals surface area (Å²) in [5.74, 6) is 0.282. The van der Waals surface area contributed by atoms with Crippen LogP contribution in [0.25, 0.3) is 5.73 Å². The van der Waals surface area contributed by atoms with E-state index in [9.17, 15) is 4.79 Å². The number of hydrogen-bond acceptors (Lipinski definition) is 1. The summed E-state index contributed by atoms with van der Waals surface area (Å²) < 4.78 is 0. The molecule has 1 unspecified atom stereocenters. The van der Waals surface area contributed by atoms with Gasteiger partial charge < -0.3 is 11.1 Å². The van der Waals surface area contributed by atoms with Gasteiger partial charge in [-0.15, -0.1) is 0 Å². The maximum atomic E-state index is 10.8. The molecule has 0 aromatic heterocycles. The van der Waals surface area contributed by atoms with Crippen molar-refractivity contribution in [1.82, 2.24) is 5.32 Å². The molecule has 0 spiro atoms. The number of carbonyl (C=O) groups excluding carboxylic acids is 1. The Kier molecular flexibility index (Phi) is 12.0. The van der Waals surface area contributed by atoms with Crippen LogP contribution in [0.4, 0.5) is 0 Å². The fourth-order valence-electron chi connectivity index (χ4n) is 1.09. The van der Waals surface area contributed by atoms with E-state index >= 15 is 0 Å². The van der Waals surface area contributed by atoms with Crippen molar-refractivity contribution in [2.75, 3.05) is 13.1 Å². The molecule has 0 aromatic carbocycles. The Labute approximate surface area is 99.7 Å². The smallest absolute Gasteiger partial charge is 0.223 e. The normalized spacial score (nSPS) is 20.2. The van der Waals surface area contributed by atoms with Gasteiger partial charge in [-0.3, -0.25) is 4.79 Å². The van der Waals surface area contributed by atoms with Gasteiger partial charge >= 0.3 is 0 Å². The fourth-order valence-corrected chi connectivity index (χ4v) is 1.09. The number of nitrogens with one attached hydrogen (secondary N) is 2. The first-order valence-corrected chi connectivity index (χ1v) is 4.27. The predicted molar refractivity (Wildman–Crippen MR) is 46.3 cm³/mol. The molecule has 0 aliphatic carbocycles. The summed E-state index contributed by atoms with van der Waals surface area (Å²) >= 11 is 0. The van der Waals surface area contributed by atoms with Crippen molar-refractivity contribution in [3.63, 3.8) is 0 Å². The molecule has 69 valence electrons. The zero-order chi connectivity index (χ0) is 8.69. The van der Waals surface area contributed by atoms with Crippen LogP contribution in [0.2, 0.25) is 0 Å². The van der Waals surface area contributed by atoms with E-state index in [4.69, 9.17) is 5.73 Å². The van der Waals surface area contributed by atoms with E-state index in [1.165, 1.54) is 0 Å². The second-order valence-corrected chi connectivity index (χ2v) is 2.32. The average molecular weight is 246 g/mol. The third-order valence-corrected chi connectivity index (χ3v) is 1.66. The molecule has 0 aromatic rings. The first-order valence-electron chi connectivity index (χ1n) is 4.27. The molecule has 1 fully saturated rings. The van der Waals surface area contributed by atoms with Gasteiger partial charge in [0.2, 0.25) is 5.91 Å². The fraction of sp³-hybridized carbons (Fsp3) is 0.875. The van der Waals surface area contributed by atoms with E-state index in [0.717, 1.165) is 19.4 Å². The summed E-state index contributed by atoms with van der Waals surface area (Å²) in [6.07, 6.45) is 1.66. The molecule has 0 saturated carbocycles. The Morgan fingerprint density at radius 3 is 2.50 bits per heavy atom. The second-order valence-electron chi connectivity index (χ2n) is 2.32. The third kappa shape index (κ3) is 5.23. The molecule has 0 bridgehead atoms. The molecule has 1 radical (unpaired) electrons. The summed E-state index contributed by atoms with van der Waals surface area (Å²) in [6.45, 7) is 5.18. The largest absolute Gasteiger partial charge is 0.677 e. The van der Waals surface area contributed by atoms with Gasteiger partial charge in [-0.1, -0.05) is 20.3 Å². The zero-order valence-corrected chi connectivity index (χ0v) is 10.7. The molecular weight excluding hydrogens is 229 g/mol. The minimum absolute atomic E-state index is 0. The topological polar surface area (TPSA) is 52.9 Å². The molecule has 1 saturated heterocycles. The van der Waals surface area contributed by atoms with Crippen molar-refractivity contribution >= 4 is 5.91 Å². The minimum atomic E-state index is 0. The van der Waals surface area contributed by atoms with E-state index < -0.39 is 0 Å². The Bertz CT molecular complexity index is 120. The van der Waals surface area contributed by atoms with Gasteiger partial charge in [0.1, 0.15) is 0 Å². The van der Waals surface area contributed by atoms with Crippen LogP contribution in [0.15, 0.2) is 0 Å². The molecular formula is C8H17N2OY-. The van der Waals surface area contributed by atoms with E-state index in [-0.39, 0.29) is 44.5 Å². The average Bonchev–Trinajstić information content (AvgIpc) is 2.42. The maximum Gasteiger partial charge on any atom is 0.223 e. The van der Waals surface area contributed by atoms with Crippen LogP contribution >= 0.6 is 0 Å². The summed E-state index contributed by atoms with van der Waals surface area (Å²) in [5, 5.41) is 2.73. The molecule has 1 aliphatic rings. The Balaban J connectivity index is 0. The van der Waals surface area contributed by atoms with Crippen LogP contribution in [-0.2, 0) is 37.5 Å². The van der Waals surface area contributed by atoms with Crippen LogP contribution in [0.5, 0.6) is 0 Å². The zero-order valence-electron chi connectivity index (χ0n) is 7.89. The van der Waals surface area contributed by atoms with Crippen LogP contribution in [-0.4, -0.2) is 19.0 Å². The molecule has 4 heteroatoms. The monoisotopic (exact) mass is 246 g/mol. The molecule has 1 atom stereocenters. The Morgan fingerprint density at radius 2 is 2.17 bits per heavy atom. The van der Waals surface area contributed by atoms with Crippen LogP contribution in [0.3, 0.4) is 0 Å². The summed E-state index contributed by atoms with van der Waals surface area (Å²) in [4.78, 5) is 10.8. The van der Waals surface area contributed by atoms with Gasteiger partial charge in [-0.05, 0) is 6.42 Å². The molecule has 1 heterocycles. The molecule has 3 nitrogen and oxygen atoms in total. The van der Waals surface area contributed by atoms with Gasteiger partial charge in [0.25, 0.3) is 0 Å². The quantitative estimate of drug-likeness (QED) is 0.790. The number of rotatable bonds is 2. The van der Waals surface area contributed by atoms with Crippen molar-refractivity contribution in [2.24, 2.45) is 5.92 Å². The predicted octanol–water partition coefficient (Wildman–Crippen LogP) is 1.59. The molecule has 1 aliphatic heterocycles. The van der Waals surface area contributed by atoms with Gasteiger partial charge in [0.05, 0.1) is 0 Å². The van der Waals surface area contributed by atoms with E-state index in [2.05, 4.69) is 5.32 Å². The van der Waals surface area contributed by atoms with Crippen molar-refractivity contribution < 1.29 is 37.5 Å². The Hall–Kier alpha value is 0.534. The summed E-state index contributed by atoms with van der Waals surface area (Å²) in [5.41, 5.74) is 6.88. The summed E-state index contributed by atoms with van der Waals surface area (Å²) in [7, 11) is 0. The van der Waals surface area contributed by atoms with Crippen LogP contribution in [0, 0.1) is 5.92 Å². The first-order chi connectivity index (χ1) is 5.34. The SMILES string of the molecule is CC.[NH-]CCC1CCNC1=O.[Y]. The minimum Gasteiger partial charge on any atom is -0.677 e. The standard InChI is InChI=1S/C6H11N2O.C2H6.Y/c7-3-1-5-2-4-8-6(5)9;1-2;/h5,7H,1-4H2,(H,8,9);1-2H3;/q-1;;. The van der Waals surface area contributed by atoms with E-state index in [1.807, 2.05) is 13.8 Å². The maximum absolute atomic E-state index is 10.8. The van der Waals surface area contributed by atoms with E-state index in [1.54, 1.807) is 0 Å². The van der Waals surface area contributed by atoms with Crippen molar-refractivity contribution in [2.45, 2.75) is 26.7 Å². The Morgan fingerprint density at radius 1 is 1.58 bits per heavy atom. The van der Waals surface area contributed by atoms with Gasteiger partial charge in [0, 0.05) is 45.2 Å². The first kappa shape index (κ1) is 15.0. The second kappa shape index (κ2) is 9.62. The van der Waals surface area contributed by atoms with Crippen molar-refractivity contribution in [3.8, 4) is 0 Å². The van der Waals surface area contributed by atoms with Crippen LogP contribution < -0.4 is 5.32 Å². The number of amides is 1. The van der Waals surface area contributed by atoms with Crippen LogP contribution in [0.1, 0.15) is 26.7 Å². The number of hydrogen-bond donors (Lipinski definition) is 1. The van der Waals surface area contributed by atoms with Gasteiger partial charge in [-0.2, -0.15) is 6.54 Å². The van der Waals surface area contributed by atoms with E-state index in [0.29, 0.717) is 6.54 Å². The summed E-state index contributed by atoms with van der Waals surface area (Å²) in [6, 6.07) is 0. The molecule has 1 amide bonds. The molecule has 2 N–H and O–H groups in total. The van der Waals surface area contributed by atoms with Gasteiger partial charge in [-0.25, -0.2) is 0 Å². The molecule has 1 rings (SSSR count).